The summed E-state index contributed by atoms with van der Waals surface area (Å²) in [5, 5.41) is 8.48. The lowest BCUT2D eigenvalue weighted by atomic mass is 10.3. The van der Waals surface area contributed by atoms with E-state index in [4.69, 9.17) is 9.84 Å². The van der Waals surface area contributed by atoms with Crippen LogP contribution in [0, 0.1) is 0 Å². The number of hydrogen-bond donors (Lipinski definition) is 1. The number of carbonyl (C=O) groups is 1. The van der Waals surface area contributed by atoms with Gasteiger partial charge in [-0.05, 0) is 19.3 Å². The summed E-state index contributed by atoms with van der Waals surface area (Å²) in [6.07, 6.45) is 10.2. The summed E-state index contributed by atoms with van der Waals surface area (Å²) in [4.78, 5) is 11.1. The second-order valence-corrected chi connectivity index (χ2v) is 3.08. The minimum absolute atomic E-state index is 0.118. The maximum absolute atomic E-state index is 11.1. The van der Waals surface area contributed by atoms with Crippen LogP contribution in [0.2, 0.25) is 0 Å². The molecule has 0 aliphatic rings. The van der Waals surface area contributed by atoms with E-state index in [2.05, 4.69) is 13.0 Å². The first-order valence-corrected chi connectivity index (χ1v) is 5.37. The summed E-state index contributed by atoms with van der Waals surface area (Å²) in [7, 11) is 0. The summed E-state index contributed by atoms with van der Waals surface area (Å²) >= 11 is 0. The van der Waals surface area contributed by atoms with Gasteiger partial charge in [-0.2, -0.15) is 0 Å². The Morgan fingerprint density at radius 1 is 1.20 bits per heavy atom. The maximum atomic E-state index is 11.1. The van der Waals surface area contributed by atoms with Gasteiger partial charge in [0.15, 0.2) is 0 Å². The summed E-state index contributed by atoms with van der Waals surface area (Å²) in [5.74, 6) is -0.214. The zero-order valence-corrected chi connectivity index (χ0v) is 9.32. The lowest BCUT2D eigenvalue weighted by Crippen LogP contribution is -2.03. The number of aliphatic hydroxyl groups is 1. The van der Waals surface area contributed by atoms with Crippen molar-refractivity contribution in [3.8, 4) is 0 Å². The van der Waals surface area contributed by atoms with Crippen LogP contribution in [-0.4, -0.2) is 24.3 Å². The third-order valence-corrected chi connectivity index (χ3v) is 1.70. The van der Waals surface area contributed by atoms with Gasteiger partial charge < -0.3 is 9.84 Å². The van der Waals surface area contributed by atoms with Gasteiger partial charge in [0.25, 0.3) is 0 Å². The summed E-state index contributed by atoms with van der Waals surface area (Å²) in [6.45, 7) is 2.63. The van der Waals surface area contributed by atoms with Crippen LogP contribution in [0.25, 0.3) is 0 Å². The predicted molar refractivity (Wildman–Crippen MR) is 60.5 cm³/mol. The van der Waals surface area contributed by atoms with Crippen LogP contribution in [0.5, 0.6) is 0 Å². The van der Waals surface area contributed by atoms with Crippen molar-refractivity contribution < 1.29 is 14.6 Å². The normalized spacial score (nSPS) is 11.3. The number of aliphatic hydroxyl groups excluding tert-OH is 1. The first-order chi connectivity index (χ1) is 7.31. The molecule has 0 bridgehead atoms. The molecule has 0 heterocycles. The molecular formula is C12H20O3. The van der Waals surface area contributed by atoms with Gasteiger partial charge in [-0.1, -0.05) is 31.2 Å². The highest BCUT2D eigenvalue weighted by molar-refractivity contribution is 5.71. The highest BCUT2D eigenvalue weighted by Gasteiger charge is 1.97. The topological polar surface area (TPSA) is 46.5 Å². The van der Waals surface area contributed by atoms with Gasteiger partial charge in [0.2, 0.25) is 0 Å². The number of esters is 1. The fourth-order valence-corrected chi connectivity index (χ4v) is 0.956. The summed E-state index contributed by atoms with van der Waals surface area (Å²) in [5.41, 5.74) is 0. The molecule has 0 unspecified atom stereocenters. The number of carbonyl (C=O) groups excluding carboxylic acids is 1. The van der Waals surface area contributed by atoms with E-state index in [9.17, 15) is 4.79 Å². The second kappa shape index (κ2) is 11.0. The minimum Gasteiger partial charge on any atom is -0.465 e. The van der Waals surface area contributed by atoms with Crippen molar-refractivity contribution in [2.24, 2.45) is 0 Å². The van der Waals surface area contributed by atoms with Gasteiger partial charge in [0, 0.05) is 6.61 Å². The zero-order valence-electron chi connectivity index (χ0n) is 9.32. The third-order valence-electron chi connectivity index (χ3n) is 1.70. The summed E-state index contributed by atoms with van der Waals surface area (Å²) in [6, 6.07) is 0. The first kappa shape index (κ1) is 13.9. The Kier molecular flexibility index (Phi) is 10.2. The van der Waals surface area contributed by atoms with Crippen LogP contribution in [0.1, 0.15) is 32.6 Å². The zero-order chi connectivity index (χ0) is 11.4. The van der Waals surface area contributed by atoms with Crippen LogP contribution >= 0.6 is 0 Å². The van der Waals surface area contributed by atoms with Gasteiger partial charge >= 0.3 is 5.97 Å². The SMILES string of the molecule is CC/C=C\CCOC(=O)C/C=C\CCO. The molecule has 0 atom stereocenters. The summed E-state index contributed by atoms with van der Waals surface area (Å²) < 4.78 is 4.96. The Morgan fingerprint density at radius 3 is 2.60 bits per heavy atom. The quantitative estimate of drug-likeness (QED) is 0.381. The molecule has 0 saturated carbocycles. The van der Waals surface area contributed by atoms with Crippen LogP contribution in [-0.2, 0) is 9.53 Å². The molecule has 0 rings (SSSR count). The number of ether oxygens (including phenoxy) is 1. The van der Waals surface area contributed by atoms with Gasteiger partial charge in [-0.3, -0.25) is 4.79 Å². The monoisotopic (exact) mass is 212 g/mol. The van der Waals surface area contributed by atoms with E-state index in [0.29, 0.717) is 13.0 Å². The molecule has 0 spiro atoms. The Morgan fingerprint density at radius 2 is 1.93 bits per heavy atom. The molecule has 86 valence electrons. The standard InChI is InChI=1S/C12H20O3/c1-2-3-4-8-11-15-12(14)9-6-5-7-10-13/h3-6,13H,2,7-11H2,1H3/b4-3-,6-5-. The van der Waals surface area contributed by atoms with E-state index in [1.54, 1.807) is 12.2 Å². The Labute approximate surface area is 91.4 Å². The lowest BCUT2D eigenvalue weighted by molar-refractivity contribution is -0.142. The molecule has 1 N–H and O–H groups in total. The van der Waals surface area contributed by atoms with E-state index >= 15 is 0 Å². The van der Waals surface area contributed by atoms with Crippen molar-refractivity contribution in [1.82, 2.24) is 0 Å². The van der Waals surface area contributed by atoms with E-state index in [-0.39, 0.29) is 19.0 Å². The van der Waals surface area contributed by atoms with Crippen molar-refractivity contribution in [2.45, 2.75) is 32.6 Å². The smallest absolute Gasteiger partial charge is 0.309 e. The van der Waals surface area contributed by atoms with E-state index in [1.807, 2.05) is 6.08 Å². The number of allylic oxidation sites excluding steroid dienone is 1. The predicted octanol–water partition coefficient (Wildman–Crippen LogP) is 2.21. The molecule has 0 fully saturated rings. The lowest BCUT2D eigenvalue weighted by Gasteiger charge is -1.99. The molecule has 3 heteroatoms. The molecular weight excluding hydrogens is 192 g/mol. The van der Waals surface area contributed by atoms with Gasteiger partial charge in [-0.15, -0.1) is 0 Å². The molecule has 0 aliphatic carbocycles. The molecule has 0 aliphatic heterocycles. The van der Waals surface area contributed by atoms with E-state index < -0.39 is 0 Å². The molecule has 0 radical (unpaired) electrons. The van der Waals surface area contributed by atoms with Crippen LogP contribution in [0.3, 0.4) is 0 Å². The molecule has 0 amide bonds. The molecule has 0 aromatic rings. The fourth-order valence-electron chi connectivity index (χ4n) is 0.956. The van der Waals surface area contributed by atoms with Crippen molar-refractivity contribution in [3.63, 3.8) is 0 Å². The van der Waals surface area contributed by atoms with Crippen molar-refractivity contribution in [3.05, 3.63) is 24.3 Å². The highest BCUT2D eigenvalue weighted by atomic mass is 16.5. The average molecular weight is 212 g/mol. The van der Waals surface area contributed by atoms with Crippen molar-refractivity contribution >= 4 is 5.97 Å². The third kappa shape index (κ3) is 10.8. The average Bonchev–Trinajstić information content (AvgIpc) is 2.24. The van der Waals surface area contributed by atoms with Gasteiger partial charge in [0.1, 0.15) is 0 Å². The molecule has 3 nitrogen and oxygen atoms in total. The molecule has 0 aromatic carbocycles. The second-order valence-electron chi connectivity index (χ2n) is 3.08. The van der Waals surface area contributed by atoms with Gasteiger partial charge in [-0.25, -0.2) is 0 Å². The van der Waals surface area contributed by atoms with Crippen molar-refractivity contribution in [2.75, 3.05) is 13.2 Å². The van der Waals surface area contributed by atoms with Crippen LogP contribution in [0.4, 0.5) is 0 Å². The molecule has 15 heavy (non-hydrogen) atoms. The largest absolute Gasteiger partial charge is 0.465 e. The van der Waals surface area contributed by atoms with E-state index in [0.717, 1.165) is 12.8 Å². The van der Waals surface area contributed by atoms with Crippen molar-refractivity contribution in [1.29, 1.82) is 0 Å². The minimum atomic E-state index is -0.214. The van der Waals surface area contributed by atoms with Crippen LogP contribution < -0.4 is 0 Å². The highest BCUT2D eigenvalue weighted by Crippen LogP contribution is 1.93. The van der Waals surface area contributed by atoms with E-state index in [1.165, 1.54) is 0 Å². The Bertz CT molecular complexity index is 207. The molecule has 0 saturated heterocycles. The number of rotatable bonds is 8. The van der Waals surface area contributed by atoms with Gasteiger partial charge in [0.05, 0.1) is 13.0 Å². The number of hydrogen-bond acceptors (Lipinski definition) is 3. The Hall–Kier alpha value is -1.09. The fraction of sp³-hybridized carbons (Fsp3) is 0.583. The Balaban J connectivity index is 3.37. The molecule has 0 aromatic heterocycles. The van der Waals surface area contributed by atoms with Crippen LogP contribution in [0.15, 0.2) is 24.3 Å². The first-order valence-electron chi connectivity index (χ1n) is 5.37. The maximum Gasteiger partial charge on any atom is 0.309 e.